The second kappa shape index (κ2) is 8.66. The van der Waals surface area contributed by atoms with Crippen LogP contribution in [0.5, 0.6) is 5.75 Å². The number of hydrazone groups is 1. The summed E-state index contributed by atoms with van der Waals surface area (Å²) in [5.41, 5.74) is 2.51. The molecule has 0 aromatic heterocycles. The first-order valence-electron chi connectivity index (χ1n) is 8.81. The molecule has 0 atom stereocenters. The second-order valence-electron chi connectivity index (χ2n) is 6.66. The molecule has 0 unspecified atom stereocenters. The van der Waals surface area contributed by atoms with Gasteiger partial charge >= 0.3 is 5.97 Å². The third-order valence-electron chi connectivity index (χ3n) is 3.98. The highest BCUT2D eigenvalue weighted by molar-refractivity contribution is 9.10. The van der Waals surface area contributed by atoms with E-state index >= 15 is 0 Å². The number of hydrogen-bond donors (Lipinski definition) is 1. The smallest absolute Gasteiger partial charge is 0.337 e. The molecule has 0 amide bonds. The van der Waals surface area contributed by atoms with Crippen LogP contribution in [0.2, 0.25) is 0 Å². The number of ketones is 1. The topological polar surface area (TPSA) is 86.2 Å². The molecule has 0 saturated heterocycles. The Morgan fingerprint density at radius 2 is 1.87 bits per heavy atom. The van der Waals surface area contributed by atoms with Crippen LogP contribution >= 0.6 is 15.9 Å². The second-order valence-corrected chi connectivity index (χ2v) is 7.57. The average molecular weight is 477 g/mol. The summed E-state index contributed by atoms with van der Waals surface area (Å²) in [4.78, 5) is 25.1. The van der Waals surface area contributed by atoms with E-state index in [9.17, 15) is 14.0 Å². The minimum Gasteiger partial charge on any atom is -0.494 e. The van der Waals surface area contributed by atoms with Gasteiger partial charge < -0.3 is 14.2 Å². The molecular weight excluding hydrogens is 459 g/mol. The van der Waals surface area contributed by atoms with E-state index in [1.807, 2.05) is 0 Å². The highest BCUT2D eigenvalue weighted by Crippen LogP contribution is 2.28. The van der Waals surface area contributed by atoms with E-state index in [1.165, 1.54) is 39.2 Å². The summed E-state index contributed by atoms with van der Waals surface area (Å²) in [6.45, 7) is 3.04. The predicted octanol–water partition coefficient (Wildman–Crippen LogP) is 4.44. The van der Waals surface area contributed by atoms with Crippen molar-refractivity contribution in [1.82, 2.24) is 0 Å². The highest BCUT2D eigenvalue weighted by atomic mass is 79.9. The first kappa shape index (κ1) is 21.5. The van der Waals surface area contributed by atoms with Gasteiger partial charge in [0.25, 0.3) is 0 Å². The van der Waals surface area contributed by atoms with E-state index in [-0.39, 0.29) is 22.9 Å². The Hall–Kier alpha value is -3.20. The van der Waals surface area contributed by atoms with Crippen LogP contribution in [0.15, 0.2) is 63.9 Å². The summed E-state index contributed by atoms with van der Waals surface area (Å²) in [6.07, 6.45) is 1.01. The van der Waals surface area contributed by atoms with Crippen molar-refractivity contribution in [2.75, 3.05) is 12.5 Å². The van der Waals surface area contributed by atoms with Crippen molar-refractivity contribution >= 4 is 39.1 Å². The zero-order valence-corrected chi connectivity index (χ0v) is 17.9. The number of rotatable bonds is 6. The van der Waals surface area contributed by atoms with Crippen molar-refractivity contribution in [3.05, 3.63) is 70.2 Å². The van der Waals surface area contributed by atoms with Gasteiger partial charge in [0.15, 0.2) is 17.3 Å². The zero-order chi connectivity index (χ0) is 21.9. The molecule has 7 nitrogen and oxygen atoms in total. The number of hydrogen-bond acceptors (Lipinski definition) is 7. The zero-order valence-electron chi connectivity index (χ0n) is 16.4. The lowest BCUT2D eigenvalue weighted by Gasteiger charge is -2.30. The van der Waals surface area contributed by atoms with Crippen LogP contribution in [0.25, 0.3) is 0 Å². The van der Waals surface area contributed by atoms with E-state index < -0.39 is 23.4 Å². The summed E-state index contributed by atoms with van der Waals surface area (Å²) < 4.78 is 30.9. The molecule has 0 bridgehead atoms. The van der Waals surface area contributed by atoms with Crippen LogP contribution in [0.3, 0.4) is 0 Å². The number of carbonyl (C=O) groups excluding carboxylic acids is 2. The minimum absolute atomic E-state index is 0.0700. The van der Waals surface area contributed by atoms with Gasteiger partial charge in [-0.3, -0.25) is 10.2 Å². The Morgan fingerprint density at radius 3 is 2.50 bits per heavy atom. The molecule has 1 aliphatic heterocycles. The predicted molar refractivity (Wildman–Crippen MR) is 112 cm³/mol. The fourth-order valence-electron chi connectivity index (χ4n) is 2.66. The third kappa shape index (κ3) is 4.85. The number of esters is 1. The molecule has 9 heteroatoms. The van der Waals surface area contributed by atoms with E-state index in [0.29, 0.717) is 5.56 Å². The van der Waals surface area contributed by atoms with Crippen molar-refractivity contribution in [2.24, 2.45) is 5.10 Å². The molecule has 30 heavy (non-hydrogen) atoms. The number of para-hydroxylation sites is 1. The number of halogens is 2. The van der Waals surface area contributed by atoms with Crippen molar-refractivity contribution in [3.63, 3.8) is 0 Å². The number of nitrogens with zero attached hydrogens (tertiary/aromatic N) is 1. The Balaban J connectivity index is 2.06. The molecule has 0 radical (unpaired) electrons. The van der Waals surface area contributed by atoms with Crippen LogP contribution in [-0.2, 0) is 14.3 Å². The molecule has 0 saturated carbocycles. The summed E-state index contributed by atoms with van der Waals surface area (Å²) >= 11 is 3.31. The standard InChI is InChI=1S/C21H18BrFN2O5/c1-21(2)29-16(11-17(26)30-21)19(20(27)12-7-9-13(22)10-8-12)25-24-18-14(23)5-4-6-15(18)28-3/h4-11,24H,1-3H3/b25-19+. The lowest BCUT2D eigenvalue weighted by Crippen LogP contribution is -2.37. The molecule has 0 fully saturated rings. The Bertz CT molecular complexity index is 1050. The Kier molecular flexibility index (Phi) is 6.21. The fraction of sp³-hybridized carbons (Fsp3) is 0.190. The highest BCUT2D eigenvalue weighted by Gasteiger charge is 2.34. The van der Waals surface area contributed by atoms with Gasteiger partial charge in [0, 0.05) is 23.9 Å². The largest absolute Gasteiger partial charge is 0.494 e. The van der Waals surface area contributed by atoms with E-state index in [0.717, 1.165) is 10.5 Å². The first-order chi connectivity index (χ1) is 14.2. The molecule has 0 spiro atoms. The summed E-state index contributed by atoms with van der Waals surface area (Å²) in [5, 5.41) is 4.07. The SMILES string of the molecule is COc1cccc(F)c1N/N=C(/C(=O)c1ccc(Br)cc1)C1=CC(=O)OC(C)(C)O1. The van der Waals surface area contributed by atoms with Crippen LogP contribution in [-0.4, -0.2) is 30.4 Å². The lowest BCUT2D eigenvalue weighted by molar-refractivity contribution is -0.202. The van der Waals surface area contributed by atoms with Gasteiger partial charge in [-0.05, 0) is 36.4 Å². The first-order valence-corrected chi connectivity index (χ1v) is 9.60. The number of cyclic esters (lactones) is 1. The fourth-order valence-corrected chi connectivity index (χ4v) is 2.93. The van der Waals surface area contributed by atoms with Crippen LogP contribution in [0.1, 0.15) is 24.2 Å². The van der Waals surface area contributed by atoms with Gasteiger partial charge in [0.05, 0.1) is 13.2 Å². The molecule has 3 rings (SSSR count). The van der Waals surface area contributed by atoms with Crippen molar-refractivity contribution in [2.45, 2.75) is 19.6 Å². The Morgan fingerprint density at radius 1 is 1.17 bits per heavy atom. The lowest BCUT2D eigenvalue weighted by atomic mass is 10.0. The monoisotopic (exact) mass is 476 g/mol. The van der Waals surface area contributed by atoms with Gasteiger partial charge in [0.2, 0.25) is 11.6 Å². The number of methoxy groups -OCH3 is 1. The molecular formula is C21H18BrFN2O5. The maximum Gasteiger partial charge on any atom is 0.337 e. The van der Waals surface area contributed by atoms with Gasteiger partial charge in [-0.1, -0.05) is 22.0 Å². The quantitative estimate of drug-likeness (QED) is 0.287. The normalized spacial score (nSPS) is 15.6. The number of ether oxygens (including phenoxy) is 3. The number of anilines is 1. The van der Waals surface area contributed by atoms with Gasteiger partial charge in [-0.25, -0.2) is 9.18 Å². The van der Waals surface area contributed by atoms with E-state index in [1.54, 1.807) is 24.3 Å². The summed E-state index contributed by atoms with van der Waals surface area (Å²) in [7, 11) is 1.38. The molecule has 1 heterocycles. The van der Waals surface area contributed by atoms with Gasteiger partial charge in [-0.15, -0.1) is 0 Å². The molecule has 0 aliphatic carbocycles. The summed E-state index contributed by atoms with van der Waals surface area (Å²) in [5.74, 6) is -3.09. The number of allylic oxidation sites excluding steroid dienone is 1. The van der Waals surface area contributed by atoms with Crippen LogP contribution in [0.4, 0.5) is 10.1 Å². The number of nitrogens with one attached hydrogen (secondary N) is 1. The molecule has 2 aromatic rings. The van der Waals surface area contributed by atoms with Gasteiger partial charge in [-0.2, -0.15) is 5.10 Å². The van der Waals surface area contributed by atoms with Crippen molar-refractivity contribution in [1.29, 1.82) is 0 Å². The third-order valence-corrected chi connectivity index (χ3v) is 4.51. The van der Waals surface area contributed by atoms with Gasteiger partial charge in [0.1, 0.15) is 11.4 Å². The summed E-state index contributed by atoms with van der Waals surface area (Å²) in [6, 6.07) is 10.8. The Labute approximate surface area is 180 Å². The molecule has 156 valence electrons. The van der Waals surface area contributed by atoms with Crippen LogP contribution < -0.4 is 10.2 Å². The van der Waals surface area contributed by atoms with Crippen molar-refractivity contribution < 1.29 is 28.2 Å². The maximum atomic E-state index is 14.3. The number of benzene rings is 2. The molecule has 2 aromatic carbocycles. The van der Waals surface area contributed by atoms with E-state index in [4.69, 9.17) is 14.2 Å². The van der Waals surface area contributed by atoms with E-state index in [2.05, 4.69) is 26.5 Å². The average Bonchev–Trinajstić information content (AvgIpc) is 2.68. The van der Waals surface area contributed by atoms with Crippen molar-refractivity contribution in [3.8, 4) is 5.75 Å². The number of Topliss-reactive ketones (excluding diaryl/α,β-unsaturated/α-hetero) is 1. The number of carbonyl (C=O) groups is 2. The van der Waals surface area contributed by atoms with Crippen LogP contribution in [0, 0.1) is 5.82 Å². The molecule has 1 N–H and O–H groups in total. The molecule has 1 aliphatic rings. The maximum absolute atomic E-state index is 14.3. The minimum atomic E-state index is -1.31.